The number of nitrogens with one attached hydrogen (secondary N) is 1. The number of carbonyl (C=O) groups is 3. The van der Waals surface area contributed by atoms with Gasteiger partial charge in [-0.2, -0.15) is 0 Å². The van der Waals surface area contributed by atoms with Crippen LogP contribution in [0, 0.1) is 11.8 Å². The first-order chi connectivity index (χ1) is 15.7. The highest BCUT2D eigenvalue weighted by atomic mass is 35.5. The van der Waals surface area contributed by atoms with Crippen LogP contribution in [0.1, 0.15) is 71.1 Å². The van der Waals surface area contributed by atoms with Crippen LogP contribution in [0.2, 0.25) is 0 Å². The molecular formula is C23H46Cl2N6O4. The molecule has 0 spiro atoms. The van der Waals surface area contributed by atoms with Crippen LogP contribution >= 0.6 is 24.8 Å². The summed E-state index contributed by atoms with van der Waals surface area (Å²) in [5.41, 5.74) is 24.3. The Hall–Kier alpha value is -1.17. The maximum Gasteiger partial charge on any atom is 0.315 e. The van der Waals surface area contributed by atoms with Gasteiger partial charge in [-0.1, -0.05) is 26.2 Å². The Kier molecular flexibility index (Phi) is 16.0. The van der Waals surface area contributed by atoms with Crippen molar-refractivity contribution in [3.8, 4) is 0 Å². The van der Waals surface area contributed by atoms with Crippen molar-refractivity contribution >= 4 is 42.5 Å². The molecule has 0 bridgehead atoms. The third-order valence-electron chi connectivity index (χ3n) is 7.42. The van der Waals surface area contributed by atoms with Crippen molar-refractivity contribution < 1.29 is 19.5 Å². The number of likely N-dealkylation sites (tertiary alicyclic amines) is 1. The van der Waals surface area contributed by atoms with Gasteiger partial charge in [0.2, 0.25) is 5.91 Å². The summed E-state index contributed by atoms with van der Waals surface area (Å²) in [6, 6.07) is -3.14. The molecule has 6 atom stereocenters. The van der Waals surface area contributed by atoms with Crippen molar-refractivity contribution in [2.24, 2.45) is 34.8 Å². The van der Waals surface area contributed by atoms with E-state index in [9.17, 15) is 19.5 Å². The average Bonchev–Trinajstić information content (AvgIpc) is 2.82. The lowest BCUT2D eigenvalue weighted by Crippen LogP contribution is -2.59. The molecule has 2 fully saturated rings. The topological polar surface area (TPSA) is 191 Å². The lowest BCUT2D eigenvalue weighted by atomic mass is 9.79. The number of amides is 3. The summed E-state index contributed by atoms with van der Waals surface area (Å²) in [5, 5.41) is 12.6. The van der Waals surface area contributed by atoms with Crippen LogP contribution in [-0.2, 0) is 9.59 Å². The molecule has 2 aliphatic rings. The minimum atomic E-state index is -0.922. The summed E-state index contributed by atoms with van der Waals surface area (Å²) >= 11 is 0. The fourth-order valence-electron chi connectivity index (χ4n) is 5.17. The summed E-state index contributed by atoms with van der Waals surface area (Å²) in [6.07, 6.45) is 6.22. The molecule has 0 aromatic rings. The molecule has 0 radical (unpaired) electrons. The van der Waals surface area contributed by atoms with E-state index in [-0.39, 0.29) is 55.4 Å². The van der Waals surface area contributed by atoms with Crippen molar-refractivity contribution in [3.05, 3.63) is 0 Å². The number of aliphatic hydroxyl groups is 1. The Morgan fingerprint density at radius 3 is 2.26 bits per heavy atom. The first kappa shape index (κ1) is 33.8. The first-order valence-corrected chi connectivity index (χ1v) is 12.5. The number of piperidine rings is 1. The van der Waals surface area contributed by atoms with Gasteiger partial charge in [-0.25, -0.2) is 4.79 Å². The zero-order valence-corrected chi connectivity index (χ0v) is 22.4. The number of ketones is 1. The summed E-state index contributed by atoms with van der Waals surface area (Å²) in [5.74, 6) is -0.359. The maximum atomic E-state index is 13.6. The van der Waals surface area contributed by atoms with Gasteiger partial charge in [-0.05, 0) is 56.9 Å². The molecule has 1 aliphatic carbocycles. The summed E-state index contributed by atoms with van der Waals surface area (Å²) < 4.78 is 0. The third-order valence-corrected chi connectivity index (χ3v) is 7.42. The van der Waals surface area contributed by atoms with Crippen LogP contribution in [0.4, 0.5) is 4.79 Å². The quantitative estimate of drug-likeness (QED) is 0.223. The number of rotatable bonds is 11. The molecule has 3 amide bonds. The predicted octanol–water partition coefficient (Wildman–Crippen LogP) is 0.788. The van der Waals surface area contributed by atoms with E-state index in [1.807, 2.05) is 0 Å². The van der Waals surface area contributed by atoms with E-state index in [0.29, 0.717) is 38.3 Å². The van der Waals surface area contributed by atoms with Crippen LogP contribution in [-0.4, -0.2) is 71.1 Å². The molecule has 10 N–H and O–H groups in total. The largest absolute Gasteiger partial charge is 0.393 e. The minimum Gasteiger partial charge on any atom is -0.393 e. The van der Waals surface area contributed by atoms with Gasteiger partial charge >= 0.3 is 6.03 Å². The van der Waals surface area contributed by atoms with Crippen LogP contribution in [0.25, 0.3) is 0 Å². The molecule has 3 unspecified atom stereocenters. The van der Waals surface area contributed by atoms with E-state index in [4.69, 9.17) is 22.9 Å². The molecule has 2 rings (SSSR count). The van der Waals surface area contributed by atoms with Crippen molar-refractivity contribution in [2.75, 3.05) is 13.1 Å². The zero-order valence-electron chi connectivity index (χ0n) is 20.8. The number of nitrogens with zero attached hydrogens (tertiary/aromatic N) is 1. The molecule has 12 heteroatoms. The van der Waals surface area contributed by atoms with Gasteiger partial charge in [0, 0.05) is 18.6 Å². The number of hydrogen-bond donors (Lipinski definition) is 6. The van der Waals surface area contributed by atoms with Gasteiger partial charge in [0.1, 0.15) is 0 Å². The normalized spacial score (nSPS) is 24.2. The van der Waals surface area contributed by atoms with Crippen LogP contribution < -0.4 is 28.3 Å². The highest BCUT2D eigenvalue weighted by molar-refractivity contribution is 5.95. The van der Waals surface area contributed by atoms with E-state index < -0.39 is 36.2 Å². The number of hydrogen-bond acceptors (Lipinski definition) is 7. The Labute approximate surface area is 221 Å². The number of aliphatic hydroxyl groups excluding tert-OH is 1. The molecule has 1 saturated carbocycles. The molecule has 206 valence electrons. The van der Waals surface area contributed by atoms with Crippen molar-refractivity contribution in [2.45, 2.75) is 101 Å². The Balaban J connectivity index is 0.00000578. The van der Waals surface area contributed by atoms with Crippen LogP contribution in [0.15, 0.2) is 0 Å². The Morgan fingerprint density at radius 2 is 1.71 bits per heavy atom. The summed E-state index contributed by atoms with van der Waals surface area (Å²) in [6.45, 7) is 2.53. The molecule has 0 aromatic carbocycles. The van der Waals surface area contributed by atoms with Crippen molar-refractivity contribution in [1.82, 2.24) is 10.2 Å². The van der Waals surface area contributed by atoms with Gasteiger partial charge in [-0.15, -0.1) is 24.8 Å². The predicted molar refractivity (Wildman–Crippen MR) is 141 cm³/mol. The monoisotopic (exact) mass is 540 g/mol. The molecule has 0 aromatic heterocycles. The number of halogens is 2. The minimum absolute atomic E-state index is 0. The molecule has 10 nitrogen and oxygen atoms in total. The van der Waals surface area contributed by atoms with Crippen LogP contribution in [0.3, 0.4) is 0 Å². The summed E-state index contributed by atoms with van der Waals surface area (Å²) in [4.78, 5) is 39.6. The SMILES string of the molecule is CC[C@H](O)CC(=O)N[C@@H](C[C@H](N)C(N)C1CCCCC1)C(=O)C1CC(CN)CCN1C(N)=O.Cl.Cl. The van der Waals surface area contributed by atoms with Gasteiger partial charge < -0.3 is 38.3 Å². The van der Waals surface area contributed by atoms with E-state index in [0.717, 1.165) is 25.7 Å². The third kappa shape index (κ3) is 10.0. The summed E-state index contributed by atoms with van der Waals surface area (Å²) in [7, 11) is 0. The first-order valence-electron chi connectivity index (χ1n) is 12.5. The van der Waals surface area contributed by atoms with Gasteiger partial charge in [0.05, 0.1) is 24.6 Å². The lowest BCUT2D eigenvalue weighted by Gasteiger charge is -2.39. The smallest absolute Gasteiger partial charge is 0.315 e. The van der Waals surface area contributed by atoms with Crippen molar-refractivity contribution in [3.63, 3.8) is 0 Å². The van der Waals surface area contributed by atoms with E-state index in [2.05, 4.69) is 5.32 Å². The number of carbonyl (C=O) groups excluding carboxylic acids is 3. The molecule has 1 heterocycles. The number of Topliss-reactive ketones (excluding diaryl/α,β-unsaturated/α-hetero) is 1. The second-order valence-corrected chi connectivity index (χ2v) is 9.84. The average molecular weight is 542 g/mol. The maximum absolute atomic E-state index is 13.6. The highest BCUT2D eigenvalue weighted by Crippen LogP contribution is 2.28. The highest BCUT2D eigenvalue weighted by Gasteiger charge is 2.40. The molecule has 1 aliphatic heterocycles. The molecule has 35 heavy (non-hydrogen) atoms. The second kappa shape index (κ2) is 16.6. The van der Waals surface area contributed by atoms with E-state index >= 15 is 0 Å². The van der Waals surface area contributed by atoms with Gasteiger partial charge in [0.15, 0.2) is 5.78 Å². The Bertz CT molecular complexity index is 668. The zero-order chi connectivity index (χ0) is 24.5. The number of primary amides is 1. The van der Waals surface area contributed by atoms with E-state index in [1.165, 1.54) is 11.3 Å². The molecule has 1 saturated heterocycles. The molecular weight excluding hydrogens is 495 g/mol. The lowest BCUT2D eigenvalue weighted by molar-refractivity contribution is -0.132. The standard InChI is InChI=1S/C23H44N6O4.2ClH/c1-2-16(30)11-20(31)28-18(12-17(25)21(26)15-6-4-3-5-7-15)22(32)19-10-14(13-24)8-9-29(19)23(27)33;;/h14-19,21,30H,2-13,24-26H2,1H3,(H2,27,33)(H,28,31);2*1H/t14?,16-,17-,18-,19?,21?;;/m0../s1. The van der Waals surface area contributed by atoms with E-state index in [1.54, 1.807) is 6.92 Å². The Morgan fingerprint density at radius 1 is 1.09 bits per heavy atom. The number of nitrogens with two attached hydrogens (primary N) is 4. The fourth-order valence-corrected chi connectivity index (χ4v) is 5.17. The van der Waals surface area contributed by atoms with Gasteiger partial charge in [-0.3, -0.25) is 9.59 Å². The van der Waals surface area contributed by atoms with Crippen molar-refractivity contribution in [1.29, 1.82) is 0 Å². The van der Waals surface area contributed by atoms with Gasteiger partial charge in [0.25, 0.3) is 0 Å². The fraction of sp³-hybridized carbons (Fsp3) is 0.870. The number of urea groups is 1. The second-order valence-electron chi connectivity index (χ2n) is 9.84. The van der Waals surface area contributed by atoms with Crippen LogP contribution in [0.5, 0.6) is 0 Å².